The Morgan fingerprint density at radius 3 is 2.42 bits per heavy atom. The number of nitrogens with zero attached hydrogens (tertiary/aromatic N) is 2. The van der Waals surface area contributed by atoms with Crippen LogP contribution in [-0.2, 0) is 16.0 Å². The first kappa shape index (κ1) is 23.4. The van der Waals surface area contributed by atoms with E-state index >= 15 is 0 Å². The number of thiophene rings is 1. The Balaban J connectivity index is 1.31. The summed E-state index contributed by atoms with van der Waals surface area (Å²) in [5.41, 5.74) is 1.19. The molecule has 0 radical (unpaired) electrons. The fourth-order valence-corrected chi connectivity index (χ4v) is 5.18. The molecule has 2 aliphatic rings. The highest BCUT2D eigenvalue weighted by atomic mass is 32.1. The lowest BCUT2D eigenvalue weighted by molar-refractivity contribution is -0.274. The maximum atomic E-state index is 12.8. The lowest BCUT2D eigenvalue weighted by Gasteiger charge is -2.39. The second-order valence-corrected chi connectivity index (χ2v) is 9.39. The van der Waals surface area contributed by atoms with Gasteiger partial charge in [-0.3, -0.25) is 9.59 Å². The minimum absolute atomic E-state index is 0.0109. The second-order valence-electron chi connectivity index (χ2n) is 8.61. The normalized spacial score (nSPS) is 18.3. The van der Waals surface area contributed by atoms with Crippen molar-refractivity contribution in [2.75, 3.05) is 26.2 Å². The Morgan fingerprint density at radius 2 is 1.76 bits per heavy atom. The molecule has 4 rings (SSSR count). The largest absolute Gasteiger partial charge is 0.573 e. The molecule has 2 aromatic rings. The van der Waals surface area contributed by atoms with Gasteiger partial charge in [-0.05, 0) is 59.2 Å². The summed E-state index contributed by atoms with van der Waals surface area (Å²) in [6.45, 7) is 2.42. The van der Waals surface area contributed by atoms with Crippen molar-refractivity contribution in [1.82, 2.24) is 9.80 Å². The van der Waals surface area contributed by atoms with Crippen LogP contribution in [0.5, 0.6) is 5.75 Å². The number of likely N-dealkylation sites (tertiary alicyclic amines) is 2. The maximum absolute atomic E-state index is 12.8. The molecule has 176 valence electrons. The molecule has 0 bridgehead atoms. The van der Waals surface area contributed by atoms with Gasteiger partial charge in [0, 0.05) is 37.8 Å². The van der Waals surface area contributed by atoms with Crippen molar-refractivity contribution in [1.29, 1.82) is 0 Å². The van der Waals surface area contributed by atoms with E-state index in [1.807, 2.05) is 27.8 Å². The van der Waals surface area contributed by atoms with E-state index in [-0.39, 0.29) is 35.0 Å². The van der Waals surface area contributed by atoms with Crippen molar-refractivity contribution in [3.05, 3.63) is 58.3 Å². The molecule has 0 atom stereocenters. The summed E-state index contributed by atoms with van der Waals surface area (Å²) < 4.78 is 42.0. The van der Waals surface area contributed by atoms with Crippen LogP contribution in [0.3, 0.4) is 0 Å². The number of hydrogen-bond acceptors (Lipinski definition) is 4. The van der Waals surface area contributed by atoms with Crippen LogP contribution in [0.15, 0.2) is 47.2 Å². The summed E-state index contributed by atoms with van der Waals surface area (Å²) in [4.78, 5) is 28.9. The summed E-state index contributed by atoms with van der Waals surface area (Å²) in [6.07, 6.45) is 0.934. The van der Waals surface area contributed by atoms with Gasteiger partial charge in [0.2, 0.25) is 11.8 Å². The smallest absolute Gasteiger partial charge is 0.405 e. The molecule has 9 heteroatoms. The van der Waals surface area contributed by atoms with Gasteiger partial charge in [-0.15, -0.1) is 13.2 Å². The number of amides is 2. The average Bonchev–Trinajstić information content (AvgIpc) is 3.43. The molecule has 2 aliphatic heterocycles. The van der Waals surface area contributed by atoms with Crippen LogP contribution in [0.4, 0.5) is 13.2 Å². The molecular formula is C24H25F3N2O3S. The molecule has 2 amide bonds. The average molecular weight is 479 g/mol. The Labute approximate surface area is 194 Å². The number of carbonyl (C=O) groups is 2. The minimum Gasteiger partial charge on any atom is -0.405 e. The number of ether oxygens (including phenoxy) is 1. The third-order valence-electron chi connectivity index (χ3n) is 6.43. The third-order valence-corrected chi connectivity index (χ3v) is 7.13. The van der Waals surface area contributed by atoms with E-state index in [1.165, 1.54) is 18.2 Å². The van der Waals surface area contributed by atoms with Gasteiger partial charge >= 0.3 is 6.36 Å². The Hall–Kier alpha value is -2.81. The highest BCUT2D eigenvalue weighted by Crippen LogP contribution is 2.41. The molecule has 1 aromatic carbocycles. The molecule has 0 unspecified atom stereocenters. The zero-order valence-electron chi connectivity index (χ0n) is 18.0. The molecule has 0 saturated carbocycles. The predicted molar refractivity (Wildman–Crippen MR) is 120 cm³/mol. The first-order valence-electron chi connectivity index (χ1n) is 10.8. The predicted octanol–water partition coefficient (Wildman–Crippen LogP) is 4.74. The van der Waals surface area contributed by atoms with Gasteiger partial charge in [-0.25, -0.2) is 0 Å². The van der Waals surface area contributed by atoms with Crippen molar-refractivity contribution in [2.45, 2.75) is 32.0 Å². The molecule has 1 spiro atoms. The van der Waals surface area contributed by atoms with Crippen LogP contribution < -0.4 is 4.74 Å². The lowest BCUT2D eigenvalue weighted by atomic mass is 9.78. The quantitative estimate of drug-likeness (QED) is 0.583. The lowest BCUT2D eigenvalue weighted by Crippen LogP contribution is -2.44. The number of rotatable bonds is 5. The van der Waals surface area contributed by atoms with Crippen molar-refractivity contribution in [2.24, 2.45) is 5.41 Å². The first-order chi connectivity index (χ1) is 15.7. The van der Waals surface area contributed by atoms with Crippen LogP contribution in [-0.4, -0.2) is 54.2 Å². The van der Waals surface area contributed by atoms with Crippen molar-refractivity contribution in [3.8, 4) is 5.75 Å². The van der Waals surface area contributed by atoms with E-state index < -0.39 is 6.36 Å². The molecule has 2 saturated heterocycles. The van der Waals surface area contributed by atoms with Crippen molar-refractivity contribution in [3.63, 3.8) is 0 Å². The molecule has 0 N–H and O–H groups in total. The highest BCUT2D eigenvalue weighted by molar-refractivity contribution is 7.08. The van der Waals surface area contributed by atoms with Gasteiger partial charge in [-0.2, -0.15) is 11.3 Å². The minimum atomic E-state index is -4.80. The number of piperidine rings is 1. The van der Waals surface area contributed by atoms with Gasteiger partial charge in [0.1, 0.15) is 5.75 Å². The molecule has 0 aliphatic carbocycles. The zero-order valence-corrected chi connectivity index (χ0v) is 18.8. The van der Waals surface area contributed by atoms with Crippen molar-refractivity contribution < 1.29 is 27.5 Å². The Bertz CT molecular complexity index is 1010. The zero-order chi connectivity index (χ0) is 23.5. The number of carbonyl (C=O) groups excluding carboxylic acids is 2. The Kier molecular flexibility index (Phi) is 6.78. The highest BCUT2D eigenvalue weighted by Gasteiger charge is 2.42. The number of hydrogen-bond donors (Lipinski definition) is 0. The second kappa shape index (κ2) is 9.59. The molecule has 3 heterocycles. The van der Waals surface area contributed by atoms with Crippen LogP contribution in [0.25, 0.3) is 6.08 Å². The SMILES string of the molecule is O=C(/C=C/c1ccsc1)N1CCC2(CC1)CCN(C(=O)Cc1ccccc1OC(F)(F)F)C2. The summed E-state index contributed by atoms with van der Waals surface area (Å²) in [7, 11) is 0. The fraction of sp³-hybridized carbons (Fsp3) is 0.417. The maximum Gasteiger partial charge on any atom is 0.573 e. The monoisotopic (exact) mass is 478 g/mol. The van der Waals surface area contributed by atoms with E-state index in [9.17, 15) is 22.8 Å². The van der Waals surface area contributed by atoms with Gasteiger partial charge in [0.15, 0.2) is 0 Å². The van der Waals surface area contributed by atoms with Gasteiger partial charge in [0.05, 0.1) is 6.42 Å². The van der Waals surface area contributed by atoms with E-state index in [0.717, 1.165) is 24.8 Å². The van der Waals surface area contributed by atoms with Gasteiger partial charge in [-0.1, -0.05) is 18.2 Å². The van der Waals surface area contributed by atoms with Crippen LogP contribution in [0.2, 0.25) is 0 Å². The van der Waals surface area contributed by atoms with Gasteiger partial charge in [0.25, 0.3) is 0 Å². The van der Waals surface area contributed by atoms with Crippen molar-refractivity contribution >= 4 is 29.2 Å². The number of benzene rings is 1. The molecule has 2 fully saturated rings. The van der Waals surface area contributed by atoms with Gasteiger partial charge < -0.3 is 14.5 Å². The van der Waals surface area contributed by atoms with E-state index in [4.69, 9.17) is 0 Å². The molecular weight excluding hydrogens is 453 g/mol. The Morgan fingerprint density at radius 1 is 1.06 bits per heavy atom. The molecule has 1 aromatic heterocycles. The summed E-state index contributed by atoms with van der Waals surface area (Å²) >= 11 is 1.58. The van der Waals surface area contributed by atoms with Crippen LogP contribution >= 0.6 is 11.3 Å². The summed E-state index contributed by atoms with van der Waals surface area (Å²) in [5.74, 6) is -0.555. The van der Waals surface area contributed by atoms with E-state index in [2.05, 4.69) is 4.74 Å². The topological polar surface area (TPSA) is 49.9 Å². The summed E-state index contributed by atoms with van der Waals surface area (Å²) in [5, 5.41) is 3.94. The standard InChI is InChI=1S/C24H25F3N2O3S/c25-24(26,27)32-20-4-2-1-3-19(20)15-22(31)29-13-10-23(17-29)8-11-28(12-9-23)21(30)6-5-18-7-14-33-16-18/h1-7,14,16H,8-13,15,17H2/b6-5+. The van der Waals surface area contributed by atoms with E-state index in [0.29, 0.717) is 26.2 Å². The van der Waals surface area contributed by atoms with Crippen LogP contribution in [0.1, 0.15) is 30.4 Å². The first-order valence-corrected chi connectivity index (χ1v) is 11.8. The number of para-hydroxylation sites is 1. The number of halogens is 3. The fourth-order valence-electron chi connectivity index (χ4n) is 4.55. The number of alkyl halides is 3. The molecule has 33 heavy (non-hydrogen) atoms. The van der Waals surface area contributed by atoms with Crippen LogP contribution in [0, 0.1) is 5.41 Å². The summed E-state index contributed by atoms with van der Waals surface area (Å²) in [6, 6.07) is 7.71. The molecule has 5 nitrogen and oxygen atoms in total. The van der Waals surface area contributed by atoms with E-state index in [1.54, 1.807) is 28.4 Å². The third kappa shape index (κ3) is 5.96.